The quantitative estimate of drug-likeness (QED) is 0.636. The highest BCUT2D eigenvalue weighted by Gasteiger charge is 2.36. The molecule has 1 amide bonds. The maximum atomic E-state index is 13.0. The Hall–Kier alpha value is -0.820. The van der Waals surface area contributed by atoms with Gasteiger partial charge >= 0.3 is 0 Å². The molecule has 2 aliphatic rings. The third-order valence-corrected chi connectivity index (χ3v) is 8.89. The third-order valence-electron chi connectivity index (χ3n) is 6.04. The Morgan fingerprint density at radius 3 is 2.07 bits per heavy atom. The fourth-order valence-corrected chi connectivity index (χ4v) is 6.88. The SMILES string of the molecule is CN(C(=O)C1CCN(S(=O)(=O)c2c(Cl)cccc2Cl)CC1)C1CCCCCC1. The second-order valence-corrected chi connectivity index (χ2v) is 10.5. The molecule has 3 rings (SSSR count). The van der Waals surface area contributed by atoms with Crippen LogP contribution in [0, 0.1) is 5.92 Å². The molecule has 0 atom stereocenters. The van der Waals surface area contributed by atoms with Crippen LogP contribution in [0.1, 0.15) is 51.4 Å². The van der Waals surface area contributed by atoms with Crippen molar-refractivity contribution in [2.24, 2.45) is 5.92 Å². The zero-order chi connectivity index (χ0) is 20.3. The van der Waals surface area contributed by atoms with Crippen LogP contribution in [0.3, 0.4) is 0 Å². The van der Waals surface area contributed by atoms with Gasteiger partial charge in [-0.05, 0) is 37.8 Å². The van der Waals surface area contributed by atoms with E-state index in [-0.39, 0.29) is 26.8 Å². The van der Waals surface area contributed by atoms with Gasteiger partial charge in [0.2, 0.25) is 15.9 Å². The van der Waals surface area contributed by atoms with E-state index in [4.69, 9.17) is 23.2 Å². The number of carbonyl (C=O) groups is 1. The van der Waals surface area contributed by atoms with Gasteiger partial charge in [0.25, 0.3) is 0 Å². The normalized spacial score (nSPS) is 20.7. The van der Waals surface area contributed by atoms with Crippen molar-refractivity contribution in [2.75, 3.05) is 20.1 Å². The fraction of sp³-hybridized carbons (Fsp3) is 0.650. The van der Waals surface area contributed by atoms with Gasteiger partial charge in [-0.1, -0.05) is 55.0 Å². The number of hydrogen-bond acceptors (Lipinski definition) is 3. The lowest BCUT2D eigenvalue weighted by atomic mass is 9.95. The number of halogens is 2. The zero-order valence-corrected chi connectivity index (χ0v) is 18.6. The van der Waals surface area contributed by atoms with Crippen LogP contribution in [0.25, 0.3) is 0 Å². The van der Waals surface area contributed by atoms with Crippen molar-refractivity contribution >= 4 is 39.1 Å². The summed E-state index contributed by atoms with van der Waals surface area (Å²) in [4.78, 5) is 14.8. The monoisotopic (exact) mass is 446 g/mol. The number of hydrogen-bond donors (Lipinski definition) is 0. The average molecular weight is 447 g/mol. The highest BCUT2D eigenvalue weighted by atomic mass is 35.5. The summed E-state index contributed by atoms with van der Waals surface area (Å²) >= 11 is 12.2. The van der Waals surface area contributed by atoms with E-state index in [1.807, 2.05) is 11.9 Å². The molecule has 1 aliphatic carbocycles. The highest BCUT2D eigenvalue weighted by molar-refractivity contribution is 7.89. The summed E-state index contributed by atoms with van der Waals surface area (Å²) in [5.74, 6) is 0.0288. The van der Waals surface area contributed by atoms with Crippen LogP contribution >= 0.6 is 23.2 Å². The number of rotatable bonds is 4. The van der Waals surface area contributed by atoms with Crippen molar-refractivity contribution < 1.29 is 13.2 Å². The van der Waals surface area contributed by atoms with Gasteiger partial charge in [0.05, 0.1) is 10.0 Å². The molecule has 1 aromatic carbocycles. The largest absolute Gasteiger partial charge is 0.343 e. The van der Waals surface area contributed by atoms with Crippen LogP contribution in [-0.4, -0.2) is 49.7 Å². The van der Waals surface area contributed by atoms with Crippen molar-refractivity contribution in [3.8, 4) is 0 Å². The Kier molecular flexibility index (Phi) is 7.29. The first-order valence-corrected chi connectivity index (χ1v) is 12.2. The molecule has 1 heterocycles. The number of benzene rings is 1. The lowest BCUT2D eigenvalue weighted by Crippen LogP contribution is -2.46. The lowest BCUT2D eigenvalue weighted by Gasteiger charge is -2.35. The number of nitrogens with zero attached hydrogens (tertiary/aromatic N) is 2. The van der Waals surface area contributed by atoms with Gasteiger partial charge < -0.3 is 4.90 Å². The van der Waals surface area contributed by atoms with E-state index in [1.165, 1.54) is 42.1 Å². The van der Waals surface area contributed by atoms with Gasteiger partial charge in [0, 0.05) is 32.1 Å². The van der Waals surface area contributed by atoms with E-state index in [1.54, 1.807) is 6.07 Å². The van der Waals surface area contributed by atoms with Crippen LogP contribution in [0.4, 0.5) is 0 Å². The average Bonchev–Trinajstić information content (AvgIpc) is 2.96. The van der Waals surface area contributed by atoms with Gasteiger partial charge in [0.15, 0.2) is 0 Å². The Labute approximate surface area is 178 Å². The number of carbonyl (C=O) groups excluding carboxylic acids is 1. The molecule has 1 aliphatic heterocycles. The summed E-state index contributed by atoms with van der Waals surface area (Å²) in [5.41, 5.74) is 0. The van der Waals surface area contributed by atoms with Crippen molar-refractivity contribution in [1.29, 1.82) is 0 Å². The van der Waals surface area contributed by atoms with Crippen LogP contribution < -0.4 is 0 Å². The summed E-state index contributed by atoms with van der Waals surface area (Å²) in [5, 5.41) is 0.248. The maximum absolute atomic E-state index is 13.0. The van der Waals surface area contributed by atoms with Crippen molar-refractivity contribution in [3.05, 3.63) is 28.2 Å². The molecular weight excluding hydrogens is 419 g/mol. The second-order valence-electron chi connectivity index (χ2n) is 7.82. The van der Waals surface area contributed by atoms with E-state index in [0.717, 1.165) is 12.8 Å². The van der Waals surface area contributed by atoms with Gasteiger partial charge in [0.1, 0.15) is 4.90 Å². The molecule has 0 bridgehead atoms. The Morgan fingerprint density at radius 2 is 1.54 bits per heavy atom. The predicted molar refractivity (Wildman–Crippen MR) is 112 cm³/mol. The lowest BCUT2D eigenvalue weighted by molar-refractivity contribution is -0.137. The molecule has 2 fully saturated rings. The first kappa shape index (κ1) is 21.9. The van der Waals surface area contributed by atoms with E-state index >= 15 is 0 Å². The summed E-state index contributed by atoms with van der Waals surface area (Å²) in [6.07, 6.45) is 8.04. The first-order valence-electron chi connectivity index (χ1n) is 10.0. The Bertz CT molecular complexity index is 779. The van der Waals surface area contributed by atoms with Gasteiger partial charge in [-0.2, -0.15) is 4.31 Å². The van der Waals surface area contributed by atoms with E-state index < -0.39 is 10.0 Å². The molecule has 0 radical (unpaired) electrons. The third kappa shape index (κ3) is 4.66. The van der Waals surface area contributed by atoms with E-state index in [0.29, 0.717) is 32.0 Å². The molecule has 1 saturated heterocycles. The molecule has 1 saturated carbocycles. The number of amides is 1. The predicted octanol–water partition coefficient (Wildman–Crippen LogP) is 4.58. The van der Waals surface area contributed by atoms with E-state index in [9.17, 15) is 13.2 Å². The van der Waals surface area contributed by atoms with Gasteiger partial charge in [-0.3, -0.25) is 4.79 Å². The minimum atomic E-state index is -3.77. The molecule has 0 spiro atoms. The molecule has 0 N–H and O–H groups in total. The summed E-state index contributed by atoms with van der Waals surface area (Å²) < 4.78 is 27.4. The Morgan fingerprint density at radius 1 is 1.00 bits per heavy atom. The summed E-state index contributed by atoms with van der Waals surface area (Å²) in [6, 6.07) is 4.99. The van der Waals surface area contributed by atoms with Crippen LogP contribution in [-0.2, 0) is 14.8 Å². The van der Waals surface area contributed by atoms with Crippen LogP contribution in [0.5, 0.6) is 0 Å². The molecule has 156 valence electrons. The minimum Gasteiger partial charge on any atom is -0.343 e. The summed E-state index contributed by atoms with van der Waals surface area (Å²) in [7, 11) is -1.87. The molecular formula is C20H28Cl2N2O3S. The maximum Gasteiger partial charge on any atom is 0.246 e. The van der Waals surface area contributed by atoms with Crippen molar-refractivity contribution in [1.82, 2.24) is 9.21 Å². The molecule has 0 aromatic heterocycles. The zero-order valence-electron chi connectivity index (χ0n) is 16.2. The number of sulfonamides is 1. The Balaban J connectivity index is 1.64. The van der Waals surface area contributed by atoms with Crippen molar-refractivity contribution in [2.45, 2.75) is 62.3 Å². The fourth-order valence-electron chi connectivity index (χ4n) is 4.31. The van der Waals surface area contributed by atoms with Gasteiger partial charge in [-0.15, -0.1) is 0 Å². The smallest absolute Gasteiger partial charge is 0.246 e. The standard InChI is InChI=1S/C20H28Cl2N2O3S/c1-23(16-7-4-2-3-5-8-16)20(25)15-11-13-24(14-12-15)28(26,27)19-17(21)9-6-10-18(19)22/h6,9-10,15-16H,2-5,7-8,11-14H2,1H3. The second kappa shape index (κ2) is 9.33. The van der Waals surface area contributed by atoms with Gasteiger partial charge in [-0.25, -0.2) is 8.42 Å². The first-order chi connectivity index (χ1) is 13.3. The highest BCUT2D eigenvalue weighted by Crippen LogP contribution is 2.34. The van der Waals surface area contributed by atoms with Crippen LogP contribution in [0.2, 0.25) is 10.0 Å². The molecule has 8 heteroatoms. The summed E-state index contributed by atoms with van der Waals surface area (Å²) in [6.45, 7) is 0.609. The minimum absolute atomic E-state index is 0.0429. The topological polar surface area (TPSA) is 57.7 Å². The van der Waals surface area contributed by atoms with E-state index in [2.05, 4.69) is 0 Å². The number of piperidine rings is 1. The molecule has 28 heavy (non-hydrogen) atoms. The molecule has 1 aromatic rings. The molecule has 0 unspecified atom stereocenters. The van der Waals surface area contributed by atoms with Crippen molar-refractivity contribution in [3.63, 3.8) is 0 Å². The molecule has 5 nitrogen and oxygen atoms in total. The van der Waals surface area contributed by atoms with Crippen LogP contribution in [0.15, 0.2) is 23.1 Å².